The zero-order valence-corrected chi connectivity index (χ0v) is 18.6. The first kappa shape index (κ1) is 20.5. The molecule has 1 amide bonds. The van der Waals surface area contributed by atoms with Gasteiger partial charge in [0.2, 0.25) is 5.91 Å². The number of nitrogens with zero attached hydrogens (tertiary/aromatic N) is 2. The van der Waals surface area contributed by atoms with Gasteiger partial charge < -0.3 is 5.32 Å². The number of hydrogen-bond acceptors (Lipinski definition) is 5. The highest BCUT2D eigenvalue weighted by atomic mass is 32.2. The van der Waals surface area contributed by atoms with E-state index in [-0.39, 0.29) is 17.2 Å². The molecule has 1 unspecified atom stereocenters. The molecular formula is C22H27N3O2S2. The first-order valence-electron chi connectivity index (χ1n) is 10.3. The molecule has 5 nitrogen and oxygen atoms in total. The van der Waals surface area contributed by atoms with Gasteiger partial charge in [0.1, 0.15) is 0 Å². The summed E-state index contributed by atoms with van der Waals surface area (Å²) in [4.78, 5) is 31.3. The fraction of sp³-hybridized carbons (Fsp3) is 0.500. The fourth-order valence-corrected chi connectivity index (χ4v) is 5.90. The Morgan fingerprint density at radius 2 is 1.97 bits per heavy atom. The summed E-state index contributed by atoms with van der Waals surface area (Å²) in [5.41, 5.74) is 2.78. The van der Waals surface area contributed by atoms with Gasteiger partial charge in [-0.2, -0.15) is 0 Å². The maximum atomic E-state index is 13.3. The summed E-state index contributed by atoms with van der Waals surface area (Å²) in [6, 6.07) is 8.17. The molecule has 1 aliphatic carbocycles. The Hall–Kier alpha value is -1.73. The number of rotatable bonds is 5. The molecule has 1 fully saturated rings. The lowest BCUT2D eigenvalue weighted by molar-refractivity contribution is -0.119. The lowest BCUT2D eigenvalue weighted by Gasteiger charge is -2.22. The predicted molar refractivity (Wildman–Crippen MR) is 119 cm³/mol. The average Bonchev–Trinajstić information content (AvgIpc) is 3.09. The number of nitrogens with one attached hydrogen (secondary N) is 1. The van der Waals surface area contributed by atoms with E-state index in [1.165, 1.54) is 31.0 Å². The normalized spacial score (nSPS) is 19.2. The van der Waals surface area contributed by atoms with Crippen LogP contribution in [0.3, 0.4) is 0 Å². The monoisotopic (exact) mass is 429 g/mol. The van der Waals surface area contributed by atoms with E-state index in [9.17, 15) is 9.59 Å². The van der Waals surface area contributed by atoms with Gasteiger partial charge in [-0.15, -0.1) is 11.8 Å². The Morgan fingerprint density at radius 3 is 2.69 bits per heavy atom. The number of carbonyl (C=O) groups is 1. The fourth-order valence-electron chi connectivity index (χ4n) is 3.96. The zero-order valence-electron chi connectivity index (χ0n) is 16.9. The Bertz CT molecular complexity index is 950. The Morgan fingerprint density at radius 1 is 1.24 bits per heavy atom. The summed E-state index contributed by atoms with van der Waals surface area (Å²) in [5.74, 6) is 0.297. The highest BCUT2D eigenvalue weighted by Gasteiger charge is 2.27. The smallest absolute Gasteiger partial charge is 0.272 e. The third-order valence-corrected chi connectivity index (χ3v) is 7.63. The maximum Gasteiger partial charge on any atom is 0.272 e. The topological polar surface area (TPSA) is 64.0 Å². The first-order chi connectivity index (χ1) is 14.0. The molecule has 2 heterocycles. The molecule has 154 valence electrons. The second kappa shape index (κ2) is 8.96. The molecule has 7 heteroatoms. The summed E-state index contributed by atoms with van der Waals surface area (Å²) in [6.45, 7) is 4.14. The van der Waals surface area contributed by atoms with Crippen LogP contribution in [0.1, 0.15) is 50.3 Å². The van der Waals surface area contributed by atoms with E-state index in [1.807, 2.05) is 31.2 Å². The van der Waals surface area contributed by atoms with Crippen molar-refractivity contribution in [1.82, 2.24) is 14.9 Å². The lowest BCUT2D eigenvalue weighted by Crippen LogP contribution is -2.37. The molecular weight excluding hydrogens is 402 g/mol. The van der Waals surface area contributed by atoms with Crippen LogP contribution in [0, 0.1) is 6.92 Å². The van der Waals surface area contributed by atoms with Crippen LogP contribution >= 0.6 is 23.5 Å². The summed E-state index contributed by atoms with van der Waals surface area (Å²) < 4.78 is 1.67. The molecule has 0 radical (unpaired) electrons. The van der Waals surface area contributed by atoms with Crippen molar-refractivity contribution >= 4 is 29.4 Å². The predicted octanol–water partition coefficient (Wildman–Crippen LogP) is 4.12. The minimum Gasteiger partial charge on any atom is -0.353 e. The largest absolute Gasteiger partial charge is 0.353 e. The summed E-state index contributed by atoms with van der Waals surface area (Å²) in [5, 5.41) is 4.11. The van der Waals surface area contributed by atoms with Crippen LogP contribution in [0.5, 0.6) is 0 Å². The second-order valence-corrected chi connectivity index (χ2v) is 10.4. The Balaban J connectivity index is 1.59. The van der Waals surface area contributed by atoms with Crippen LogP contribution in [0.2, 0.25) is 0 Å². The Kier molecular flexibility index (Phi) is 6.35. The molecule has 1 aliphatic heterocycles. The molecule has 1 N–H and O–H groups in total. The minimum atomic E-state index is -0.0246. The highest BCUT2D eigenvalue weighted by molar-refractivity contribution is 8.00. The molecule has 2 aromatic rings. The number of aromatic nitrogens is 2. The number of fused-ring (bicyclic) bond motifs is 1. The van der Waals surface area contributed by atoms with Crippen LogP contribution in [-0.4, -0.2) is 32.5 Å². The summed E-state index contributed by atoms with van der Waals surface area (Å²) in [7, 11) is 0. The Labute approximate surface area is 180 Å². The first-order valence-corrected chi connectivity index (χ1v) is 12.2. The van der Waals surface area contributed by atoms with Gasteiger partial charge in [-0.1, -0.05) is 55.6 Å². The van der Waals surface area contributed by atoms with Crippen LogP contribution in [0.25, 0.3) is 5.69 Å². The third-order valence-electron chi connectivity index (χ3n) is 5.48. The van der Waals surface area contributed by atoms with Gasteiger partial charge in [0, 0.05) is 17.7 Å². The molecule has 1 atom stereocenters. The molecule has 1 aromatic heterocycles. The van der Waals surface area contributed by atoms with Gasteiger partial charge in [-0.3, -0.25) is 14.2 Å². The third kappa shape index (κ3) is 4.72. The minimum absolute atomic E-state index is 0.0230. The van der Waals surface area contributed by atoms with Gasteiger partial charge in [0.15, 0.2) is 5.16 Å². The quantitative estimate of drug-likeness (QED) is 0.572. The molecule has 2 aliphatic rings. The SMILES string of the molecule is Cc1ccc(-n2c(SCC(=O)NC3CCCCC3)nc3c(c2=O)SC(C)C3)cc1. The number of benzene rings is 1. The van der Waals surface area contributed by atoms with E-state index in [2.05, 4.69) is 12.2 Å². The van der Waals surface area contributed by atoms with E-state index in [4.69, 9.17) is 4.98 Å². The van der Waals surface area contributed by atoms with Crippen molar-refractivity contribution in [2.24, 2.45) is 0 Å². The molecule has 0 saturated heterocycles. The van der Waals surface area contributed by atoms with Crippen molar-refractivity contribution in [3.63, 3.8) is 0 Å². The van der Waals surface area contributed by atoms with Gasteiger partial charge >= 0.3 is 0 Å². The zero-order chi connectivity index (χ0) is 20.4. The van der Waals surface area contributed by atoms with E-state index >= 15 is 0 Å². The van der Waals surface area contributed by atoms with Crippen molar-refractivity contribution in [2.45, 2.75) is 73.7 Å². The van der Waals surface area contributed by atoms with Crippen molar-refractivity contribution in [3.8, 4) is 5.69 Å². The second-order valence-electron chi connectivity index (χ2n) is 7.97. The van der Waals surface area contributed by atoms with Crippen LogP contribution in [-0.2, 0) is 11.2 Å². The van der Waals surface area contributed by atoms with Crippen molar-refractivity contribution in [2.75, 3.05) is 5.75 Å². The standard InChI is InChI=1S/C22H27N3O2S2/c1-14-8-10-17(11-9-14)25-21(27)20-18(12-15(2)29-20)24-22(25)28-13-19(26)23-16-6-4-3-5-7-16/h8-11,15-16H,3-7,12-13H2,1-2H3,(H,23,26). The van der Waals surface area contributed by atoms with Crippen LogP contribution in [0.15, 0.2) is 39.1 Å². The maximum absolute atomic E-state index is 13.3. The summed E-state index contributed by atoms with van der Waals surface area (Å²) >= 11 is 2.96. The van der Waals surface area contributed by atoms with Gasteiger partial charge in [-0.05, 0) is 31.9 Å². The molecule has 1 saturated carbocycles. The lowest BCUT2D eigenvalue weighted by atomic mass is 9.95. The number of carbonyl (C=O) groups excluding carboxylic acids is 1. The molecule has 29 heavy (non-hydrogen) atoms. The number of amides is 1. The molecule has 1 aromatic carbocycles. The van der Waals surface area contributed by atoms with E-state index in [1.54, 1.807) is 16.3 Å². The van der Waals surface area contributed by atoms with Gasteiger partial charge in [0.05, 0.1) is 22.0 Å². The number of thioether (sulfide) groups is 2. The van der Waals surface area contributed by atoms with E-state index in [0.29, 0.717) is 16.4 Å². The number of hydrogen-bond donors (Lipinski definition) is 1. The number of aryl methyl sites for hydroxylation is 1. The molecule has 4 rings (SSSR count). The average molecular weight is 430 g/mol. The molecule has 0 bridgehead atoms. The highest BCUT2D eigenvalue weighted by Crippen LogP contribution is 2.34. The van der Waals surface area contributed by atoms with Gasteiger partial charge in [0.25, 0.3) is 5.56 Å². The van der Waals surface area contributed by atoms with Crippen molar-refractivity contribution < 1.29 is 4.79 Å². The van der Waals surface area contributed by atoms with Crippen molar-refractivity contribution in [1.29, 1.82) is 0 Å². The van der Waals surface area contributed by atoms with E-state index < -0.39 is 0 Å². The van der Waals surface area contributed by atoms with Crippen LogP contribution in [0.4, 0.5) is 0 Å². The summed E-state index contributed by atoms with van der Waals surface area (Å²) in [6.07, 6.45) is 6.57. The van der Waals surface area contributed by atoms with E-state index in [0.717, 1.165) is 41.1 Å². The van der Waals surface area contributed by atoms with Gasteiger partial charge in [-0.25, -0.2) is 4.98 Å². The van der Waals surface area contributed by atoms with Crippen molar-refractivity contribution in [3.05, 3.63) is 45.9 Å². The molecule has 0 spiro atoms. The van der Waals surface area contributed by atoms with Crippen LogP contribution < -0.4 is 10.9 Å².